The van der Waals surface area contributed by atoms with Crippen molar-refractivity contribution >= 4 is 57.3 Å². The van der Waals surface area contributed by atoms with E-state index < -0.39 is 23.9 Å². The molecule has 0 bridgehead atoms. The predicted molar refractivity (Wildman–Crippen MR) is 119 cm³/mol. The molecular weight excluding hydrogens is 463 g/mol. The second kappa shape index (κ2) is 9.51. The average Bonchev–Trinajstić information content (AvgIpc) is 3.27. The molecular formula is C20H18Cl2N4O4S. The number of hydrogen-bond donors (Lipinski definition) is 2. The van der Waals surface area contributed by atoms with E-state index in [1.165, 1.54) is 17.7 Å². The van der Waals surface area contributed by atoms with Gasteiger partial charge in [0.1, 0.15) is 15.7 Å². The zero-order chi connectivity index (χ0) is 22.7. The van der Waals surface area contributed by atoms with E-state index in [-0.39, 0.29) is 27.8 Å². The lowest BCUT2D eigenvalue weighted by Gasteiger charge is -2.13. The maximum Gasteiger partial charge on any atom is 0.343 e. The highest BCUT2D eigenvalue weighted by Crippen LogP contribution is 2.25. The topological polar surface area (TPSA) is 116 Å². The van der Waals surface area contributed by atoms with E-state index in [9.17, 15) is 14.4 Å². The quantitative estimate of drug-likeness (QED) is 0.497. The molecule has 0 fully saturated rings. The first kappa shape index (κ1) is 22.8. The number of primary amides is 1. The van der Waals surface area contributed by atoms with Crippen molar-refractivity contribution in [1.82, 2.24) is 9.78 Å². The van der Waals surface area contributed by atoms with Crippen LogP contribution in [-0.2, 0) is 16.1 Å². The SMILES string of the molecule is Cc1nn(Cc2ccccc2Cl)c(Cl)c1C(=O)OC(C)C(=O)Nc1sccc1C(N)=O. The Hall–Kier alpha value is -2.88. The molecule has 1 unspecified atom stereocenters. The standard InChI is InChI=1S/C20H18Cl2N4O4S/c1-10-15(16(22)26(25-10)9-12-5-3-4-6-14(12)21)20(29)30-11(2)18(28)24-19-13(17(23)27)7-8-31-19/h3-8,11H,9H2,1-2H3,(H2,23,27)(H,24,28). The molecule has 0 aliphatic carbocycles. The summed E-state index contributed by atoms with van der Waals surface area (Å²) in [5, 5.41) is 9.33. The Morgan fingerprint density at radius 2 is 1.97 bits per heavy atom. The van der Waals surface area contributed by atoms with E-state index in [0.29, 0.717) is 10.7 Å². The van der Waals surface area contributed by atoms with Crippen LogP contribution < -0.4 is 11.1 Å². The number of nitrogens with zero attached hydrogens (tertiary/aromatic N) is 2. The fourth-order valence-electron chi connectivity index (χ4n) is 2.76. The van der Waals surface area contributed by atoms with Crippen molar-refractivity contribution < 1.29 is 19.1 Å². The van der Waals surface area contributed by atoms with Crippen LogP contribution in [0.5, 0.6) is 0 Å². The first-order chi connectivity index (χ1) is 14.7. The van der Waals surface area contributed by atoms with Gasteiger partial charge < -0.3 is 15.8 Å². The van der Waals surface area contributed by atoms with Gasteiger partial charge in [0.05, 0.1) is 17.8 Å². The van der Waals surface area contributed by atoms with Gasteiger partial charge in [0.2, 0.25) is 0 Å². The largest absolute Gasteiger partial charge is 0.449 e. The van der Waals surface area contributed by atoms with Gasteiger partial charge in [-0.2, -0.15) is 5.10 Å². The Labute approximate surface area is 191 Å². The minimum atomic E-state index is -1.15. The van der Waals surface area contributed by atoms with E-state index in [1.54, 1.807) is 24.4 Å². The minimum absolute atomic E-state index is 0.0577. The Morgan fingerprint density at radius 3 is 2.65 bits per heavy atom. The van der Waals surface area contributed by atoms with Crippen molar-refractivity contribution in [3.8, 4) is 0 Å². The number of thiophene rings is 1. The molecule has 0 saturated heterocycles. The number of rotatable bonds is 7. The van der Waals surface area contributed by atoms with E-state index >= 15 is 0 Å². The fraction of sp³-hybridized carbons (Fsp3) is 0.200. The monoisotopic (exact) mass is 480 g/mol. The van der Waals surface area contributed by atoms with Gasteiger partial charge >= 0.3 is 5.97 Å². The first-order valence-corrected chi connectivity index (χ1v) is 10.7. The summed E-state index contributed by atoms with van der Waals surface area (Å²) in [4.78, 5) is 36.5. The Bertz CT molecular complexity index is 1160. The third kappa shape index (κ3) is 5.07. The molecule has 0 radical (unpaired) electrons. The number of ether oxygens (including phenoxy) is 1. The van der Waals surface area contributed by atoms with Crippen molar-refractivity contribution in [3.63, 3.8) is 0 Å². The number of anilines is 1. The number of carbonyl (C=O) groups excluding carboxylic acids is 3. The zero-order valence-corrected chi connectivity index (χ0v) is 18.8. The number of esters is 1. The molecule has 3 N–H and O–H groups in total. The average molecular weight is 481 g/mol. The number of nitrogens with two attached hydrogens (primary N) is 1. The molecule has 11 heteroatoms. The van der Waals surface area contributed by atoms with Crippen LogP contribution in [0.1, 0.15) is 38.9 Å². The third-order valence-corrected chi connectivity index (χ3v) is 5.95. The predicted octanol–water partition coefficient (Wildman–Crippen LogP) is 3.89. The number of aromatic nitrogens is 2. The van der Waals surface area contributed by atoms with Gasteiger partial charge in [-0.3, -0.25) is 9.59 Å². The minimum Gasteiger partial charge on any atom is -0.449 e. The highest BCUT2D eigenvalue weighted by atomic mass is 35.5. The number of halogens is 2. The number of hydrogen-bond acceptors (Lipinski definition) is 6. The summed E-state index contributed by atoms with van der Waals surface area (Å²) in [6.45, 7) is 3.28. The lowest BCUT2D eigenvalue weighted by molar-refractivity contribution is -0.123. The maximum atomic E-state index is 12.7. The van der Waals surface area contributed by atoms with Gasteiger partial charge in [-0.05, 0) is 36.9 Å². The normalized spacial score (nSPS) is 11.7. The van der Waals surface area contributed by atoms with E-state index in [4.69, 9.17) is 33.7 Å². The molecule has 2 heterocycles. The van der Waals surface area contributed by atoms with Gasteiger partial charge in [0, 0.05) is 5.02 Å². The second-order valence-corrected chi connectivity index (χ2v) is 8.25. The Morgan fingerprint density at radius 1 is 1.26 bits per heavy atom. The summed E-state index contributed by atoms with van der Waals surface area (Å²) in [7, 11) is 0. The molecule has 0 aliphatic rings. The number of carbonyl (C=O) groups is 3. The molecule has 3 rings (SSSR count). The summed E-state index contributed by atoms with van der Waals surface area (Å²) in [5.74, 6) is -2.08. The Balaban J connectivity index is 1.72. The van der Waals surface area contributed by atoms with Gasteiger partial charge in [-0.15, -0.1) is 11.3 Å². The molecule has 2 aromatic heterocycles. The first-order valence-electron chi connectivity index (χ1n) is 9.04. The van der Waals surface area contributed by atoms with E-state index in [1.807, 2.05) is 12.1 Å². The highest BCUT2D eigenvalue weighted by molar-refractivity contribution is 7.14. The van der Waals surface area contributed by atoms with Crippen LogP contribution >= 0.6 is 34.5 Å². The van der Waals surface area contributed by atoms with Crippen LogP contribution in [0.25, 0.3) is 0 Å². The lowest BCUT2D eigenvalue weighted by atomic mass is 10.2. The summed E-state index contributed by atoms with van der Waals surface area (Å²) in [6.07, 6.45) is -1.15. The van der Waals surface area contributed by atoms with Gasteiger partial charge in [0.25, 0.3) is 11.8 Å². The molecule has 0 aliphatic heterocycles. The van der Waals surface area contributed by atoms with Crippen LogP contribution in [0.2, 0.25) is 10.2 Å². The third-order valence-electron chi connectivity index (χ3n) is 4.37. The second-order valence-electron chi connectivity index (χ2n) is 6.56. The van der Waals surface area contributed by atoms with E-state index in [0.717, 1.165) is 16.9 Å². The number of benzene rings is 1. The molecule has 1 atom stereocenters. The number of aryl methyl sites for hydroxylation is 1. The summed E-state index contributed by atoms with van der Waals surface area (Å²) >= 11 is 13.7. The maximum absolute atomic E-state index is 12.7. The van der Waals surface area contributed by atoms with Crippen LogP contribution in [0, 0.1) is 6.92 Å². The van der Waals surface area contributed by atoms with Crippen LogP contribution in [0.4, 0.5) is 5.00 Å². The smallest absolute Gasteiger partial charge is 0.343 e. The summed E-state index contributed by atoms with van der Waals surface area (Å²) < 4.78 is 6.70. The molecule has 0 spiro atoms. The molecule has 8 nitrogen and oxygen atoms in total. The van der Waals surface area contributed by atoms with E-state index in [2.05, 4.69) is 10.4 Å². The van der Waals surface area contributed by atoms with Crippen molar-refractivity contribution in [2.24, 2.45) is 5.73 Å². The van der Waals surface area contributed by atoms with Crippen molar-refractivity contribution in [2.45, 2.75) is 26.5 Å². The summed E-state index contributed by atoms with van der Waals surface area (Å²) in [6, 6.07) is 8.70. The number of nitrogens with one attached hydrogen (secondary N) is 1. The van der Waals surface area contributed by atoms with Crippen LogP contribution in [0.15, 0.2) is 35.7 Å². The van der Waals surface area contributed by atoms with Gasteiger partial charge in [-0.25, -0.2) is 9.48 Å². The van der Waals surface area contributed by atoms with Crippen molar-refractivity contribution in [3.05, 3.63) is 68.3 Å². The number of amides is 2. The Kier molecular flexibility index (Phi) is 6.99. The highest BCUT2D eigenvalue weighted by Gasteiger charge is 2.26. The molecule has 31 heavy (non-hydrogen) atoms. The van der Waals surface area contributed by atoms with Crippen molar-refractivity contribution in [2.75, 3.05) is 5.32 Å². The molecule has 0 saturated carbocycles. The fourth-order valence-corrected chi connectivity index (χ4v) is 4.07. The lowest BCUT2D eigenvalue weighted by Crippen LogP contribution is -2.30. The molecule has 2 amide bonds. The van der Waals surface area contributed by atoms with Gasteiger partial charge in [0.15, 0.2) is 6.10 Å². The van der Waals surface area contributed by atoms with Crippen LogP contribution in [-0.4, -0.2) is 33.7 Å². The molecule has 3 aromatic rings. The molecule has 1 aromatic carbocycles. The molecule has 162 valence electrons. The zero-order valence-electron chi connectivity index (χ0n) is 16.5. The summed E-state index contributed by atoms with van der Waals surface area (Å²) in [5.41, 5.74) is 6.63. The van der Waals surface area contributed by atoms with Crippen molar-refractivity contribution in [1.29, 1.82) is 0 Å². The van der Waals surface area contributed by atoms with Gasteiger partial charge in [-0.1, -0.05) is 41.4 Å². The van der Waals surface area contributed by atoms with Crippen LogP contribution in [0.3, 0.4) is 0 Å².